The number of amides is 1. The van der Waals surface area contributed by atoms with E-state index in [1.807, 2.05) is 6.07 Å². The van der Waals surface area contributed by atoms with Crippen LogP contribution in [0.4, 0.5) is 0 Å². The van der Waals surface area contributed by atoms with Crippen molar-refractivity contribution >= 4 is 17.2 Å². The SMILES string of the molecule is CC(C)N(CCCO)Cc1ccc(C(=O)NN)s1. The van der Waals surface area contributed by atoms with Gasteiger partial charge in [0.2, 0.25) is 0 Å². The Hall–Kier alpha value is -0.950. The molecule has 5 nitrogen and oxygen atoms in total. The molecule has 1 aromatic heterocycles. The van der Waals surface area contributed by atoms with Crippen LogP contribution < -0.4 is 11.3 Å². The zero-order valence-corrected chi connectivity index (χ0v) is 11.7. The van der Waals surface area contributed by atoms with Gasteiger partial charge >= 0.3 is 0 Å². The van der Waals surface area contributed by atoms with Crippen LogP contribution in [0.1, 0.15) is 34.8 Å². The van der Waals surface area contributed by atoms with E-state index in [9.17, 15) is 4.79 Å². The van der Waals surface area contributed by atoms with Gasteiger partial charge in [-0.2, -0.15) is 0 Å². The van der Waals surface area contributed by atoms with E-state index in [2.05, 4.69) is 24.2 Å². The minimum atomic E-state index is -0.252. The van der Waals surface area contributed by atoms with Crippen LogP contribution in [0.5, 0.6) is 0 Å². The molecule has 0 atom stereocenters. The number of aliphatic hydroxyl groups excluding tert-OH is 1. The van der Waals surface area contributed by atoms with E-state index in [-0.39, 0.29) is 12.5 Å². The number of hydrazine groups is 1. The second-order valence-electron chi connectivity index (χ2n) is 4.38. The van der Waals surface area contributed by atoms with Gasteiger partial charge < -0.3 is 5.11 Å². The van der Waals surface area contributed by atoms with E-state index in [4.69, 9.17) is 10.9 Å². The minimum absolute atomic E-state index is 0.203. The third kappa shape index (κ3) is 4.38. The number of carbonyl (C=O) groups excluding carboxylic acids is 1. The molecular formula is C12H21N3O2S. The van der Waals surface area contributed by atoms with Crippen LogP contribution in [0.2, 0.25) is 0 Å². The topological polar surface area (TPSA) is 78.6 Å². The zero-order chi connectivity index (χ0) is 13.5. The molecule has 0 aliphatic carbocycles. The molecule has 1 heterocycles. The van der Waals surface area contributed by atoms with Crippen LogP contribution in [0.25, 0.3) is 0 Å². The number of aliphatic hydroxyl groups is 1. The van der Waals surface area contributed by atoms with E-state index in [1.54, 1.807) is 6.07 Å². The average molecular weight is 271 g/mol. The molecule has 0 unspecified atom stereocenters. The highest BCUT2D eigenvalue weighted by atomic mass is 32.1. The Bertz CT molecular complexity index is 379. The van der Waals surface area contributed by atoms with E-state index in [0.717, 1.165) is 24.4 Å². The van der Waals surface area contributed by atoms with Gasteiger partial charge in [0.15, 0.2) is 0 Å². The van der Waals surface area contributed by atoms with Crippen molar-refractivity contribution in [1.82, 2.24) is 10.3 Å². The largest absolute Gasteiger partial charge is 0.396 e. The van der Waals surface area contributed by atoms with Crippen molar-refractivity contribution in [2.45, 2.75) is 32.9 Å². The van der Waals surface area contributed by atoms with E-state index in [0.29, 0.717) is 10.9 Å². The molecule has 0 aliphatic rings. The third-order valence-corrected chi connectivity index (χ3v) is 3.78. The molecule has 0 radical (unpaired) electrons. The molecule has 0 aliphatic heterocycles. The summed E-state index contributed by atoms with van der Waals surface area (Å²) in [6.45, 7) is 6.09. The summed E-state index contributed by atoms with van der Waals surface area (Å²) in [5.74, 6) is 4.85. The first-order valence-electron chi connectivity index (χ1n) is 6.03. The van der Waals surface area contributed by atoms with Crippen LogP contribution in [0.3, 0.4) is 0 Å². The first-order chi connectivity index (χ1) is 8.58. The molecule has 4 N–H and O–H groups in total. The second-order valence-corrected chi connectivity index (χ2v) is 5.55. The average Bonchev–Trinajstić information content (AvgIpc) is 2.81. The van der Waals surface area contributed by atoms with Crippen molar-refractivity contribution in [3.05, 3.63) is 21.9 Å². The molecule has 102 valence electrons. The summed E-state index contributed by atoms with van der Waals surface area (Å²) in [4.78, 5) is 15.4. The maximum Gasteiger partial charge on any atom is 0.275 e. The number of hydrogen-bond donors (Lipinski definition) is 3. The molecule has 1 rings (SSSR count). The molecule has 0 aromatic carbocycles. The summed E-state index contributed by atoms with van der Waals surface area (Å²) in [6.07, 6.45) is 0.764. The molecule has 18 heavy (non-hydrogen) atoms. The summed E-state index contributed by atoms with van der Waals surface area (Å²) in [6, 6.07) is 4.14. The number of nitrogen functional groups attached to an aromatic ring is 1. The lowest BCUT2D eigenvalue weighted by Crippen LogP contribution is -2.31. The first kappa shape index (κ1) is 15.1. The van der Waals surface area contributed by atoms with Gasteiger partial charge in [0.05, 0.1) is 4.88 Å². The summed E-state index contributed by atoms with van der Waals surface area (Å²) in [5.41, 5.74) is 2.13. The summed E-state index contributed by atoms with van der Waals surface area (Å²) < 4.78 is 0. The number of nitrogens with one attached hydrogen (secondary N) is 1. The van der Waals surface area contributed by atoms with Gasteiger partial charge in [0, 0.05) is 30.6 Å². The first-order valence-corrected chi connectivity index (χ1v) is 6.84. The summed E-state index contributed by atoms with van der Waals surface area (Å²) in [5, 5.41) is 8.88. The molecule has 1 aromatic rings. The quantitative estimate of drug-likeness (QED) is 0.392. The number of rotatable bonds is 7. The van der Waals surface area contributed by atoms with Crippen LogP contribution in [-0.2, 0) is 6.54 Å². The molecule has 6 heteroatoms. The minimum Gasteiger partial charge on any atom is -0.396 e. The van der Waals surface area contributed by atoms with Crippen molar-refractivity contribution in [3.8, 4) is 0 Å². The van der Waals surface area contributed by atoms with Crippen molar-refractivity contribution in [3.63, 3.8) is 0 Å². The van der Waals surface area contributed by atoms with Gasteiger partial charge in [-0.25, -0.2) is 5.84 Å². The molecule has 0 saturated heterocycles. The number of nitrogens with zero attached hydrogens (tertiary/aromatic N) is 1. The second kappa shape index (κ2) is 7.48. The molecule has 0 fully saturated rings. The Kier molecular flexibility index (Phi) is 6.28. The van der Waals surface area contributed by atoms with Gasteiger partial charge in [0.25, 0.3) is 5.91 Å². The number of thiophene rings is 1. The predicted octanol–water partition coefficient (Wildman–Crippen LogP) is 0.944. The van der Waals surface area contributed by atoms with E-state index < -0.39 is 0 Å². The van der Waals surface area contributed by atoms with Crippen LogP contribution >= 0.6 is 11.3 Å². The monoisotopic (exact) mass is 271 g/mol. The Balaban J connectivity index is 2.63. The molecule has 1 amide bonds. The van der Waals surface area contributed by atoms with Gasteiger partial charge in [-0.3, -0.25) is 15.1 Å². The van der Waals surface area contributed by atoms with Gasteiger partial charge in [-0.1, -0.05) is 0 Å². The fourth-order valence-electron chi connectivity index (χ4n) is 1.65. The number of carbonyl (C=O) groups is 1. The lowest BCUT2D eigenvalue weighted by Gasteiger charge is -2.25. The summed E-state index contributed by atoms with van der Waals surface area (Å²) in [7, 11) is 0. The molecule has 0 spiro atoms. The molecule has 0 bridgehead atoms. The normalized spacial score (nSPS) is 11.2. The Morgan fingerprint density at radius 1 is 1.56 bits per heavy atom. The van der Waals surface area contributed by atoms with Crippen molar-refractivity contribution in [2.24, 2.45) is 5.84 Å². The summed E-state index contributed by atoms with van der Waals surface area (Å²) >= 11 is 1.45. The van der Waals surface area contributed by atoms with Crippen molar-refractivity contribution in [2.75, 3.05) is 13.2 Å². The zero-order valence-electron chi connectivity index (χ0n) is 10.8. The Labute approximate surface area is 112 Å². The number of nitrogens with two attached hydrogens (primary N) is 1. The molecule has 0 saturated carbocycles. The fourth-order valence-corrected chi connectivity index (χ4v) is 2.59. The highest BCUT2D eigenvalue weighted by Gasteiger charge is 2.13. The van der Waals surface area contributed by atoms with Crippen LogP contribution in [0, 0.1) is 0 Å². The van der Waals surface area contributed by atoms with Crippen molar-refractivity contribution in [1.29, 1.82) is 0 Å². The van der Waals surface area contributed by atoms with Crippen LogP contribution in [-0.4, -0.2) is 35.1 Å². The van der Waals surface area contributed by atoms with Gasteiger partial charge in [0.1, 0.15) is 0 Å². The standard InChI is InChI=1S/C12H21N3O2S/c1-9(2)15(6-3-7-16)8-10-4-5-11(18-10)12(17)14-13/h4-5,9,16H,3,6-8,13H2,1-2H3,(H,14,17). The Morgan fingerprint density at radius 2 is 2.28 bits per heavy atom. The molecular weight excluding hydrogens is 250 g/mol. The maximum atomic E-state index is 11.3. The lowest BCUT2D eigenvalue weighted by atomic mass is 10.2. The lowest BCUT2D eigenvalue weighted by molar-refractivity contribution is 0.0957. The maximum absolute atomic E-state index is 11.3. The highest BCUT2D eigenvalue weighted by Crippen LogP contribution is 2.19. The predicted molar refractivity (Wildman–Crippen MR) is 73.2 cm³/mol. The number of hydrogen-bond acceptors (Lipinski definition) is 5. The van der Waals surface area contributed by atoms with E-state index in [1.165, 1.54) is 11.3 Å². The fraction of sp³-hybridized carbons (Fsp3) is 0.583. The van der Waals surface area contributed by atoms with Crippen LogP contribution in [0.15, 0.2) is 12.1 Å². The third-order valence-electron chi connectivity index (χ3n) is 2.71. The van der Waals surface area contributed by atoms with Crippen molar-refractivity contribution < 1.29 is 9.90 Å². The van der Waals surface area contributed by atoms with E-state index >= 15 is 0 Å². The Morgan fingerprint density at radius 3 is 2.83 bits per heavy atom. The van der Waals surface area contributed by atoms with Gasteiger partial charge in [-0.05, 0) is 32.4 Å². The highest BCUT2D eigenvalue weighted by molar-refractivity contribution is 7.14. The smallest absolute Gasteiger partial charge is 0.275 e. The van der Waals surface area contributed by atoms with Gasteiger partial charge in [-0.15, -0.1) is 11.3 Å².